The predicted octanol–water partition coefficient (Wildman–Crippen LogP) is 0.550. The minimum Gasteiger partial charge on any atom is -0.359 e. The van der Waals surface area contributed by atoms with Crippen LogP contribution in [0.2, 0.25) is 0 Å². The number of morpholine rings is 1. The van der Waals surface area contributed by atoms with Crippen molar-refractivity contribution in [3.8, 4) is 0 Å². The molecule has 1 saturated heterocycles. The SMILES string of the molecule is CC1(C)CN(C2=NN3NNN=C3C=C2)CC(C(F)(F)F)O1. The fourth-order valence-electron chi connectivity index (χ4n) is 2.40. The van der Waals surface area contributed by atoms with E-state index < -0.39 is 17.9 Å². The summed E-state index contributed by atoms with van der Waals surface area (Å²) in [6, 6.07) is 0. The van der Waals surface area contributed by atoms with E-state index in [4.69, 9.17) is 4.74 Å². The van der Waals surface area contributed by atoms with Gasteiger partial charge in [-0.15, -0.1) is 15.7 Å². The van der Waals surface area contributed by atoms with Crippen LogP contribution in [0.15, 0.2) is 22.4 Å². The molecule has 0 bridgehead atoms. The third-order valence-electron chi connectivity index (χ3n) is 3.24. The lowest BCUT2D eigenvalue weighted by Crippen LogP contribution is -2.59. The number of ether oxygens (including phenoxy) is 1. The van der Waals surface area contributed by atoms with Crippen LogP contribution < -0.4 is 11.1 Å². The van der Waals surface area contributed by atoms with Crippen LogP contribution in [0.1, 0.15) is 13.8 Å². The molecule has 116 valence electrons. The van der Waals surface area contributed by atoms with Gasteiger partial charge in [-0.25, -0.2) is 5.53 Å². The van der Waals surface area contributed by atoms with Crippen molar-refractivity contribution in [1.29, 1.82) is 0 Å². The van der Waals surface area contributed by atoms with Gasteiger partial charge in [0.15, 0.2) is 17.8 Å². The van der Waals surface area contributed by atoms with Gasteiger partial charge in [-0.2, -0.15) is 18.3 Å². The Kier molecular flexibility index (Phi) is 3.10. The Bertz CT molecular complexity index is 527. The first-order chi connectivity index (χ1) is 9.74. The number of hydrazone groups is 2. The first kappa shape index (κ1) is 14.1. The molecule has 3 rings (SSSR count). The monoisotopic (exact) mass is 304 g/mol. The molecule has 0 aliphatic carbocycles. The molecule has 0 aromatic rings. The summed E-state index contributed by atoms with van der Waals surface area (Å²) in [6.07, 6.45) is -2.94. The van der Waals surface area contributed by atoms with Gasteiger partial charge in [0, 0.05) is 6.54 Å². The van der Waals surface area contributed by atoms with Gasteiger partial charge in [0.1, 0.15) is 0 Å². The minimum absolute atomic E-state index is 0.288. The molecule has 0 aromatic heterocycles. The number of nitrogens with zero attached hydrogens (tertiary/aromatic N) is 4. The Morgan fingerprint density at radius 1 is 1.33 bits per heavy atom. The lowest BCUT2D eigenvalue weighted by atomic mass is 10.0. The number of hydrazine groups is 2. The van der Waals surface area contributed by atoms with E-state index in [9.17, 15) is 13.2 Å². The Labute approximate surface area is 119 Å². The average molecular weight is 304 g/mol. The third-order valence-corrected chi connectivity index (χ3v) is 3.24. The van der Waals surface area contributed by atoms with E-state index in [1.54, 1.807) is 30.9 Å². The fraction of sp³-hybridized carbons (Fsp3) is 0.636. The molecule has 0 radical (unpaired) electrons. The highest BCUT2D eigenvalue weighted by atomic mass is 19.4. The molecule has 3 aliphatic heterocycles. The number of halogens is 3. The van der Waals surface area contributed by atoms with Crippen molar-refractivity contribution in [3.05, 3.63) is 12.2 Å². The Balaban J connectivity index is 1.81. The van der Waals surface area contributed by atoms with Gasteiger partial charge < -0.3 is 9.64 Å². The third kappa shape index (κ3) is 2.81. The molecule has 0 aromatic carbocycles. The first-order valence-electron chi connectivity index (χ1n) is 6.39. The maximum absolute atomic E-state index is 13.0. The number of amidine groups is 2. The summed E-state index contributed by atoms with van der Waals surface area (Å²) in [6.45, 7) is 3.29. The van der Waals surface area contributed by atoms with Crippen LogP contribution in [0.3, 0.4) is 0 Å². The molecular weight excluding hydrogens is 289 g/mol. The summed E-state index contributed by atoms with van der Waals surface area (Å²) in [5, 5.41) is 9.46. The molecule has 0 amide bonds. The summed E-state index contributed by atoms with van der Waals surface area (Å²) in [5.74, 6) is 0.967. The van der Waals surface area contributed by atoms with Gasteiger partial charge in [0.2, 0.25) is 0 Å². The summed E-state index contributed by atoms with van der Waals surface area (Å²) >= 11 is 0. The zero-order chi connectivity index (χ0) is 15.3. The van der Waals surface area contributed by atoms with Crippen molar-refractivity contribution in [2.24, 2.45) is 10.2 Å². The Hall–Kier alpha value is -1.81. The van der Waals surface area contributed by atoms with Gasteiger partial charge in [-0.1, -0.05) is 0 Å². The van der Waals surface area contributed by atoms with Gasteiger partial charge >= 0.3 is 6.18 Å². The lowest BCUT2D eigenvalue weighted by molar-refractivity contribution is -0.266. The molecule has 0 saturated carbocycles. The zero-order valence-corrected chi connectivity index (χ0v) is 11.5. The summed E-state index contributed by atoms with van der Waals surface area (Å²) in [4.78, 5) is 1.56. The van der Waals surface area contributed by atoms with E-state index in [0.29, 0.717) is 18.2 Å². The van der Waals surface area contributed by atoms with Crippen molar-refractivity contribution in [2.75, 3.05) is 13.1 Å². The van der Waals surface area contributed by atoms with Crippen LogP contribution in [-0.4, -0.2) is 52.7 Å². The van der Waals surface area contributed by atoms with E-state index in [2.05, 4.69) is 21.3 Å². The number of hydrogen-bond acceptors (Lipinski definition) is 7. The second-order valence-corrected chi connectivity index (χ2v) is 5.59. The zero-order valence-electron chi connectivity index (χ0n) is 11.5. The van der Waals surface area contributed by atoms with Crippen molar-refractivity contribution in [2.45, 2.75) is 31.7 Å². The Morgan fingerprint density at radius 2 is 2.05 bits per heavy atom. The highest BCUT2D eigenvalue weighted by molar-refractivity contribution is 6.05. The molecule has 1 fully saturated rings. The molecule has 2 N–H and O–H groups in total. The standard InChI is InChI=1S/C11H15F3N6O/c1-10(2)6-19(5-7(21-10)11(12,13)14)9-4-3-8-15-17-18-20(8)16-9/h3-4,7,17-18H,5-6H2,1-2H3. The fourth-order valence-corrected chi connectivity index (χ4v) is 2.40. The molecule has 3 heterocycles. The molecular formula is C11H15F3N6O. The molecule has 3 aliphatic rings. The number of rotatable bonds is 0. The largest absolute Gasteiger partial charge is 0.416 e. The summed E-state index contributed by atoms with van der Waals surface area (Å²) < 4.78 is 44.1. The van der Waals surface area contributed by atoms with Crippen LogP contribution in [0.4, 0.5) is 13.2 Å². The number of hydrogen-bond donors (Lipinski definition) is 2. The molecule has 21 heavy (non-hydrogen) atoms. The highest BCUT2D eigenvalue weighted by Crippen LogP contribution is 2.32. The maximum Gasteiger partial charge on any atom is 0.416 e. The van der Waals surface area contributed by atoms with Crippen molar-refractivity contribution in [1.82, 2.24) is 21.1 Å². The van der Waals surface area contributed by atoms with Crippen molar-refractivity contribution in [3.63, 3.8) is 0 Å². The van der Waals surface area contributed by atoms with Crippen molar-refractivity contribution < 1.29 is 17.9 Å². The summed E-state index contributed by atoms with van der Waals surface area (Å²) in [5.41, 5.74) is 4.25. The van der Waals surface area contributed by atoms with Gasteiger partial charge in [0.25, 0.3) is 0 Å². The van der Waals surface area contributed by atoms with Crippen LogP contribution in [0.25, 0.3) is 0 Å². The topological polar surface area (TPSA) is 64.5 Å². The van der Waals surface area contributed by atoms with Gasteiger partial charge in [-0.3, -0.25) is 0 Å². The number of nitrogens with one attached hydrogen (secondary N) is 2. The first-order valence-corrected chi connectivity index (χ1v) is 6.39. The quantitative estimate of drug-likeness (QED) is 0.684. The number of fused-ring (bicyclic) bond motifs is 1. The summed E-state index contributed by atoms with van der Waals surface area (Å²) in [7, 11) is 0. The molecule has 7 nitrogen and oxygen atoms in total. The highest BCUT2D eigenvalue weighted by Gasteiger charge is 2.48. The van der Waals surface area contributed by atoms with E-state index in [1.165, 1.54) is 5.12 Å². The second-order valence-electron chi connectivity index (χ2n) is 5.59. The molecule has 1 unspecified atom stereocenters. The van der Waals surface area contributed by atoms with Crippen LogP contribution in [0.5, 0.6) is 0 Å². The smallest absolute Gasteiger partial charge is 0.359 e. The number of alkyl halides is 3. The van der Waals surface area contributed by atoms with Crippen molar-refractivity contribution >= 4 is 11.7 Å². The van der Waals surface area contributed by atoms with Gasteiger partial charge in [0.05, 0.1) is 12.1 Å². The lowest BCUT2D eigenvalue weighted by Gasteiger charge is -2.44. The van der Waals surface area contributed by atoms with E-state index in [-0.39, 0.29) is 6.54 Å². The maximum atomic E-state index is 13.0. The Morgan fingerprint density at radius 3 is 2.76 bits per heavy atom. The van der Waals surface area contributed by atoms with Crippen LogP contribution in [-0.2, 0) is 4.74 Å². The second kappa shape index (κ2) is 4.60. The molecule has 1 atom stereocenters. The van der Waals surface area contributed by atoms with E-state index in [1.807, 2.05) is 0 Å². The van der Waals surface area contributed by atoms with E-state index in [0.717, 1.165) is 0 Å². The minimum atomic E-state index is -4.41. The van der Waals surface area contributed by atoms with E-state index >= 15 is 0 Å². The molecule has 0 spiro atoms. The average Bonchev–Trinajstić information content (AvgIpc) is 2.82. The van der Waals surface area contributed by atoms with Gasteiger partial charge in [-0.05, 0) is 26.0 Å². The van der Waals surface area contributed by atoms with Crippen LogP contribution >= 0.6 is 0 Å². The normalized spacial score (nSPS) is 28.0. The van der Waals surface area contributed by atoms with Crippen LogP contribution in [0, 0.1) is 0 Å². The molecule has 10 heteroatoms. The predicted molar refractivity (Wildman–Crippen MR) is 68.7 cm³/mol.